The highest BCUT2D eigenvalue weighted by Gasteiger charge is 2.18. The zero-order chi connectivity index (χ0) is 16.2. The molecule has 0 aliphatic rings. The molecule has 0 aliphatic carbocycles. The Bertz CT molecular complexity index is 809. The van der Waals surface area contributed by atoms with Crippen LogP contribution in [0.1, 0.15) is 31.7 Å². The molecule has 0 fully saturated rings. The first-order valence-electron chi connectivity index (χ1n) is 7.86. The van der Waals surface area contributed by atoms with Crippen molar-refractivity contribution in [2.75, 3.05) is 6.61 Å². The van der Waals surface area contributed by atoms with Crippen LogP contribution in [0.5, 0.6) is 0 Å². The predicted molar refractivity (Wildman–Crippen MR) is 90.7 cm³/mol. The molecule has 0 N–H and O–H groups in total. The number of para-hydroxylation sites is 1. The van der Waals surface area contributed by atoms with Crippen molar-refractivity contribution in [3.63, 3.8) is 0 Å². The highest BCUT2D eigenvalue weighted by molar-refractivity contribution is 5.86. The van der Waals surface area contributed by atoms with Gasteiger partial charge in [-0.1, -0.05) is 25.1 Å². The third-order valence-electron chi connectivity index (χ3n) is 3.98. The summed E-state index contributed by atoms with van der Waals surface area (Å²) in [4.78, 5) is 16.0. The molecule has 1 aromatic carbocycles. The maximum Gasteiger partial charge on any atom is 0.306 e. The number of esters is 1. The molecule has 4 heteroatoms. The van der Waals surface area contributed by atoms with Gasteiger partial charge in [-0.3, -0.25) is 9.78 Å². The minimum atomic E-state index is -0.154. The number of hydrogen-bond donors (Lipinski definition) is 0. The number of nitrogens with zero attached hydrogens (tertiary/aromatic N) is 2. The second-order valence-corrected chi connectivity index (χ2v) is 5.59. The molecule has 3 aromatic rings. The average Bonchev–Trinajstić information content (AvgIpc) is 2.95. The largest absolute Gasteiger partial charge is 0.466 e. The normalized spacial score (nSPS) is 12.3. The van der Waals surface area contributed by atoms with Crippen molar-refractivity contribution < 1.29 is 9.53 Å². The number of carbonyl (C=O) groups excluding carboxylic acids is 1. The first-order chi connectivity index (χ1) is 11.2. The third-order valence-corrected chi connectivity index (χ3v) is 3.98. The summed E-state index contributed by atoms with van der Waals surface area (Å²) in [6, 6.07) is 12.2. The van der Waals surface area contributed by atoms with Gasteiger partial charge < -0.3 is 9.30 Å². The number of hydrogen-bond acceptors (Lipinski definition) is 3. The van der Waals surface area contributed by atoms with Gasteiger partial charge in [0.2, 0.25) is 0 Å². The molecule has 1 unspecified atom stereocenters. The van der Waals surface area contributed by atoms with Gasteiger partial charge in [-0.25, -0.2) is 0 Å². The van der Waals surface area contributed by atoms with Gasteiger partial charge in [-0.2, -0.15) is 0 Å². The Balaban J connectivity index is 2.03. The van der Waals surface area contributed by atoms with Crippen LogP contribution in [-0.4, -0.2) is 22.1 Å². The molecule has 2 aromatic heterocycles. The third kappa shape index (κ3) is 3.11. The van der Waals surface area contributed by atoms with Gasteiger partial charge in [0.15, 0.2) is 0 Å². The number of benzene rings is 1. The molecule has 1 atom stereocenters. The zero-order valence-electron chi connectivity index (χ0n) is 13.4. The lowest BCUT2D eigenvalue weighted by molar-refractivity contribution is -0.143. The van der Waals surface area contributed by atoms with E-state index in [1.165, 1.54) is 0 Å². The van der Waals surface area contributed by atoms with E-state index in [4.69, 9.17) is 4.74 Å². The molecular weight excluding hydrogens is 288 g/mol. The molecule has 0 bridgehead atoms. The highest BCUT2D eigenvalue weighted by Crippen LogP contribution is 2.31. The van der Waals surface area contributed by atoms with Gasteiger partial charge >= 0.3 is 5.97 Å². The monoisotopic (exact) mass is 308 g/mol. The second-order valence-electron chi connectivity index (χ2n) is 5.59. The Kier molecular flexibility index (Phi) is 4.42. The number of fused-ring (bicyclic) bond motifs is 1. The number of carbonyl (C=O) groups is 1. The van der Waals surface area contributed by atoms with Crippen LogP contribution < -0.4 is 0 Å². The lowest BCUT2D eigenvalue weighted by Gasteiger charge is -2.09. The van der Waals surface area contributed by atoms with Crippen molar-refractivity contribution in [1.82, 2.24) is 9.55 Å². The van der Waals surface area contributed by atoms with Crippen LogP contribution in [0.15, 0.2) is 55.0 Å². The first kappa shape index (κ1) is 15.3. The van der Waals surface area contributed by atoms with Crippen molar-refractivity contribution in [2.24, 2.45) is 0 Å². The summed E-state index contributed by atoms with van der Waals surface area (Å²) >= 11 is 0. The minimum absolute atomic E-state index is 0.0943. The summed E-state index contributed by atoms with van der Waals surface area (Å²) in [5, 5.41) is 1.16. The van der Waals surface area contributed by atoms with E-state index in [1.54, 1.807) is 6.20 Å². The second kappa shape index (κ2) is 6.65. The van der Waals surface area contributed by atoms with E-state index < -0.39 is 0 Å². The number of ether oxygens (including phenoxy) is 1. The van der Waals surface area contributed by atoms with E-state index in [0.29, 0.717) is 13.0 Å². The van der Waals surface area contributed by atoms with Crippen molar-refractivity contribution >= 4 is 16.9 Å². The van der Waals surface area contributed by atoms with Gasteiger partial charge in [0.1, 0.15) is 0 Å². The van der Waals surface area contributed by atoms with Crippen molar-refractivity contribution in [3.05, 3.63) is 60.6 Å². The average molecular weight is 308 g/mol. The molecule has 2 heterocycles. The van der Waals surface area contributed by atoms with Crippen LogP contribution in [0.3, 0.4) is 0 Å². The van der Waals surface area contributed by atoms with Gasteiger partial charge in [-0.05, 0) is 36.6 Å². The maximum atomic E-state index is 11.8. The van der Waals surface area contributed by atoms with Crippen molar-refractivity contribution in [2.45, 2.75) is 26.2 Å². The highest BCUT2D eigenvalue weighted by atomic mass is 16.5. The molecule has 0 spiro atoms. The SMILES string of the molecule is CCOC(=O)CC(C)c1cn(-c2cccnc2)c2ccccc12. The van der Waals surface area contributed by atoms with E-state index >= 15 is 0 Å². The van der Waals surface area contributed by atoms with E-state index in [-0.39, 0.29) is 11.9 Å². The molecule has 23 heavy (non-hydrogen) atoms. The maximum absolute atomic E-state index is 11.8. The first-order valence-corrected chi connectivity index (χ1v) is 7.86. The summed E-state index contributed by atoms with van der Waals surface area (Å²) in [6.45, 7) is 4.31. The fourth-order valence-corrected chi connectivity index (χ4v) is 2.89. The predicted octanol–water partition coefficient (Wildman–Crippen LogP) is 4.08. The number of aromatic nitrogens is 2. The Morgan fingerprint density at radius 2 is 2.09 bits per heavy atom. The summed E-state index contributed by atoms with van der Waals surface area (Å²) < 4.78 is 7.21. The van der Waals surface area contributed by atoms with Crippen LogP contribution in [0.25, 0.3) is 16.6 Å². The molecule has 4 nitrogen and oxygen atoms in total. The standard InChI is InChI=1S/C19H20N2O2/c1-3-23-19(22)11-14(2)17-13-21(15-7-6-10-20-12-15)18-9-5-4-8-16(17)18/h4-10,12-14H,3,11H2,1-2H3. The van der Waals surface area contributed by atoms with Crippen LogP contribution in [0.2, 0.25) is 0 Å². The lowest BCUT2D eigenvalue weighted by Crippen LogP contribution is -2.08. The molecule has 0 saturated heterocycles. The van der Waals surface area contributed by atoms with Gasteiger partial charge in [0.25, 0.3) is 0 Å². The molecule has 0 amide bonds. The van der Waals surface area contributed by atoms with E-state index in [9.17, 15) is 4.79 Å². The summed E-state index contributed by atoms with van der Waals surface area (Å²) in [6.07, 6.45) is 6.09. The van der Waals surface area contributed by atoms with Crippen LogP contribution in [0, 0.1) is 0 Å². The van der Waals surface area contributed by atoms with Crippen molar-refractivity contribution in [1.29, 1.82) is 0 Å². The quantitative estimate of drug-likeness (QED) is 0.667. The molecule has 0 saturated carbocycles. The Morgan fingerprint density at radius 3 is 2.83 bits per heavy atom. The summed E-state index contributed by atoms with van der Waals surface area (Å²) in [5.74, 6) is -0.0601. The fraction of sp³-hybridized carbons (Fsp3) is 0.263. The molecular formula is C19H20N2O2. The lowest BCUT2D eigenvalue weighted by atomic mass is 9.97. The topological polar surface area (TPSA) is 44.1 Å². The summed E-state index contributed by atoms with van der Waals surface area (Å²) in [5.41, 5.74) is 3.28. The van der Waals surface area contributed by atoms with Gasteiger partial charge in [0.05, 0.1) is 30.4 Å². The van der Waals surface area contributed by atoms with Crippen LogP contribution >= 0.6 is 0 Å². The molecule has 3 rings (SSSR count). The Labute approximate surface area is 135 Å². The zero-order valence-corrected chi connectivity index (χ0v) is 13.4. The van der Waals surface area contributed by atoms with E-state index in [0.717, 1.165) is 22.2 Å². The molecule has 118 valence electrons. The van der Waals surface area contributed by atoms with E-state index in [1.807, 2.05) is 37.4 Å². The fourth-order valence-electron chi connectivity index (χ4n) is 2.89. The smallest absolute Gasteiger partial charge is 0.306 e. The minimum Gasteiger partial charge on any atom is -0.466 e. The Hall–Kier alpha value is -2.62. The van der Waals surface area contributed by atoms with Crippen LogP contribution in [-0.2, 0) is 9.53 Å². The summed E-state index contributed by atoms with van der Waals surface area (Å²) in [7, 11) is 0. The number of pyridine rings is 1. The van der Waals surface area contributed by atoms with Gasteiger partial charge in [-0.15, -0.1) is 0 Å². The number of rotatable bonds is 5. The Morgan fingerprint density at radius 1 is 1.26 bits per heavy atom. The molecule has 0 radical (unpaired) electrons. The van der Waals surface area contributed by atoms with Crippen LogP contribution in [0.4, 0.5) is 0 Å². The van der Waals surface area contributed by atoms with Crippen molar-refractivity contribution in [3.8, 4) is 5.69 Å². The van der Waals surface area contributed by atoms with Gasteiger partial charge in [0, 0.05) is 17.8 Å². The van der Waals surface area contributed by atoms with E-state index in [2.05, 4.69) is 34.8 Å². The molecule has 0 aliphatic heterocycles.